The van der Waals surface area contributed by atoms with E-state index in [0.717, 1.165) is 25.0 Å². The largest absolute Gasteiger partial charge is 0.497 e. The van der Waals surface area contributed by atoms with Crippen LogP contribution in [0.25, 0.3) is 0 Å². The molecule has 1 aromatic carbocycles. The number of carboxylic acids is 1. The second kappa shape index (κ2) is 7.21. The van der Waals surface area contributed by atoms with E-state index < -0.39 is 12.0 Å². The van der Waals surface area contributed by atoms with Crippen LogP contribution in [-0.4, -0.2) is 54.8 Å². The molecule has 6 nitrogen and oxygen atoms in total. The Morgan fingerprint density at radius 1 is 1.42 bits per heavy atom. The summed E-state index contributed by atoms with van der Waals surface area (Å²) in [4.78, 5) is 25.5. The van der Waals surface area contributed by atoms with E-state index >= 15 is 0 Å². The molecule has 1 aliphatic heterocycles. The highest BCUT2D eigenvalue weighted by atomic mass is 16.5. The number of fused-ring (bicyclic) bond motifs is 1. The van der Waals surface area contributed by atoms with Crippen LogP contribution in [0.3, 0.4) is 0 Å². The molecule has 130 valence electrons. The summed E-state index contributed by atoms with van der Waals surface area (Å²) in [6.07, 6.45) is 3.33. The molecule has 1 aliphatic carbocycles. The number of morpholine rings is 1. The average molecular weight is 333 g/mol. The van der Waals surface area contributed by atoms with Crippen LogP contribution in [0.5, 0.6) is 5.75 Å². The van der Waals surface area contributed by atoms with Crippen LogP contribution in [-0.2, 0) is 20.7 Å². The zero-order valence-electron chi connectivity index (χ0n) is 13.9. The third-order valence-corrected chi connectivity index (χ3v) is 4.94. The van der Waals surface area contributed by atoms with Crippen molar-refractivity contribution in [1.29, 1.82) is 0 Å². The summed E-state index contributed by atoms with van der Waals surface area (Å²) in [6.45, 7) is 0.811. The van der Waals surface area contributed by atoms with Crippen molar-refractivity contribution in [3.8, 4) is 5.75 Å². The van der Waals surface area contributed by atoms with Crippen molar-refractivity contribution in [3.05, 3.63) is 29.3 Å². The number of aliphatic carboxylic acids is 1. The second-order valence-electron chi connectivity index (χ2n) is 6.37. The van der Waals surface area contributed by atoms with Crippen molar-refractivity contribution in [2.24, 2.45) is 0 Å². The normalized spacial score (nSPS) is 23.5. The van der Waals surface area contributed by atoms with Gasteiger partial charge in [-0.15, -0.1) is 0 Å². The molecule has 1 saturated heterocycles. The van der Waals surface area contributed by atoms with E-state index in [-0.39, 0.29) is 18.4 Å². The highest BCUT2D eigenvalue weighted by Gasteiger charge is 2.34. The van der Waals surface area contributed by atoms with E-state index in [2.05, 4.69) is 0 Å². The SMILES string of the molecule is COc1ccc2c(c1)CCCC2CC(=O)N1CCOCC1C(=O)O. The minimum atomic E-state index is -1.00. The predicted octanol–water partition coefficient (Wildman–Crippen LogP) is 1.82. The summed E-state index contributed by atoms with van der Waals surface area (Å²) in [5, 5.41) is 9.29. The molecule has 2 unspecified atom stereocenters. The van der Waals surface area contributed by atoms with Gasteiger partial charge in [0.15, 0.2) is 6.04 Å². The molecule has 6 heteroatoms. The molecule has 1 heterocycles. The number of benzene rings is 1. The monoisotopic (exact) mass is 333 g/mol. The zero-order valence-corrected chi connectivity index (χ0v) is 13.9. The van der Waals surface area contributed by atoms with E-state index in [4.69, 9.17) is 9.47 Å². The van der Waals surface area contributed by atoms with Gasteiger partial charge in [-0.05, 0) is 48.4 Å². The molecular formula is C18H23NO5. The summed E-state index contributed by atoms with van der Waals surface area (Å²) in [7, 11) is 1.65. The maximum absolute atomic E-state index is 12.7. The van der Waals surface area contributed by atoms with Crippen molar-refractivity contribution in [2.75, 3.05) is 26.9 Å². The Morgan fingerprint density at radius 2 is 2.25 bits per heavy atom. The average Bonchev–Trinajstić information content (AvgIpc) is 2.61. The molecule has 2 aliphatic rings. The van der Waals surface area contributed by atoms with Gasteiger partial charge in [-0.3, -0.25) is 4.79 Å². The van der Waals surface area contributed by atoms with Crippen molar-refractivity contribution < 1.29 is 24.2 Å². The van der Waals surface area contributed by atoms with Gasteiger partial charge in [-0.2, -0.15) is 0 Å². The number of ether oxygens (including phenoxy) is 2. The number of amides is 1. The summed E-state index contributed by atoms with van der Waals surface area (Å²) in [5.74, 6) is -0.125. The van der Waals surface area contributed by atoms with Crippen molar-refractivity contribution >= 4 is 11.9 Å². The summed E-state index contributed by atoms with van der Waals surface area (Å²) < 4.78 is 10.5. The number of nitrogens with zero attached hydrogens (tertiary/aromatic N) is 1. The van der Waals surface area contributed by atoms with Gasteiger partial charge < -0.3 is 19.5 Å². The Morgan fingerprint density at radius 3 is 3.00 bits per heavy atom. The lowest BCUT2D eigenvalue weighted by Crippen LogP contribution is -2.52. The number of hydrogen-bond donors (Lipinski definition) is 1. The van der Waals surface area contributed by atoms with Gasteiger partial charge in [0.25, 0.3) is 0 Å². The lowest BCUT2D eigenvalue weighted by Gasteiger charge is -2.34. The maximum Gasteiger partial charge on any atom is 0.328 e. The molecule has 1 amide bonds. The van der Waals surface area contributed by atoms with Gasteiger partial charge in [0, 0.05) is 13.0 Å². The minimum Gasteiger partial charge on any atom is -0.497 e. The fourth-order valence-corrected chi connectivity index (χ4v) is 3.67. The molecule has 2 atom stereocenters. The minimum absolute atomic E-state index is 0.0690. The first-order valence-corrected chi connectivity index (χ1v) is 8.37. The highest BCUT2D eigenvalue weighted by Crippen LogP contribution is 2.36. The van der Waals surface area contributed by atoms with E-state index in [0.29, 0.717) is 19.6 Å². The van der Waals surface area contributed by atoms with E-state index in [1.165, 1.54) is 16.0 Å². The molecule has 0 bridgehead atoms. The Balaban J connectivity index is 1.74. The molecule has 24 heavy (non-hydrogen) atoms. The lowest BCUT2D eigenvalue weighted by molar-refractivity contribution is -0.158. The summed E-state index contributed by atoms with van der Waals surface area (Å²) in [6, 6.07) is 5.14. The topological polar surface area (TPSA) is 76.1 Å². The van der Waals surface area contributed by atoms with Crippen LogP contribution < -0.4 is 4.74 Å². The molecule has 1 N–H and O–H groups in total. The predicted molar refractivity (Wildman–Crippen MR) is 87.2 cm³/mol. The van der Waals surface area contributed by atoms with Gasteiger partial charge in [0.05, 0.1) is 20.3 Å². The molecule has 0 aromatic heterocycles. The first kappa shape index (κ1) is 16.8. The van der Waals surface area contributed by atoms with Crippen LogP contribution >= 0.6 is 0 Å². The Hall–Kier alpha value is -2.08. The number of carbonyl (C=O) groups is 2. The molecule has 0 spiro atoms. The first-order chi connectivity index (χ1) is 11.6. The van der Waals surface area contributed by atoms with Gasteiger partial charge in [0.2, 0.25) is 5.91 Å². The van der Waals surface area contributed by atoms with Crippen molar-refractivity contribution in [3.63, 3.8) is 0 Å². The molecule has 0 radical (unpaired) electrons. The molecule has 3 rings (SSSR count). The number of carboxylic acid groups (broad SMARTS) is 1. The Kier molecular flexibility index (Phi) is 5.04. The van der Waals surface area contributed by atoms with Gasteiger partial charge in [-0.1, -0.05) is 6.07 Å². The number of aryl methyl sites for hydroxylation is 1. The fraction of sp³-hybridized carbons (Fsp3) is 0.556. The van der Waals surface area contributed by atoms with Crippen LogP contribution in [0.1, 0.15) is 36.3 Å². The standard InChI is InChI=1S/C18H23NO5/c1-23-14-5-6-15-12(9-14)3-2-4-13(15)10-17(20)19-7-8-24-11-16(19)18(21)22/h5-6,9,13,16H,2-4,7-8,10-11H2,1H3,(H,21,22). The fourth-order valence-electron chi connectivity index (χ4n) is 3.67. The van der Waals surface area contributed by atoms with Crippen LogP contribution in [0.15, 0.2) is 18.2 Å². The molecule has 1 aromatic rings. The van der Waals surface area contributed by atoms with Gasteiger partial charge in [-0.25, -0.2) is 4.79 Å². The summed E-state index contributed by atoms with van der Waals surface area (Å²) >= 11 is 0. The van der Waals surface area contributed by atoms with Crippen LogP contribution in [0, 0.1) is 0 Å². The van der Waals surface area contributed by atoms with Gasteiger partial charge >= 0.3 is 5.97 Å². The first-order valence-electron chi connectivity index (χ1n) is 8.37. The number of methoxy groups -OCH3 is 1. The van der Waals surface area contributed by atoms with E-state index in [1.807, 2.05) is 18.2 Å². The van der Waals surface area contributed by atoms with Crippen LogP contribution in [0.2, 0.25) is 0 Å². The number of carbonyl (C=O) groups excluding carboxylic acids is 1. The van der Waals surface area contributed by atoms with E-state index in [9.17, 15) is 14.7 Å². The second-order valence-corrected chi connectivity index (χ2v) is 6.37. The highest BCUT2D eigenvalue weighted by molar-refractivity contribution is 5.84. The van der Waals surface area contributed by atoms with Crippen LogP contribution in [0.4, 0.5) is 0 Å². The lowest BCUT2D eigenvalue weighted by atomic mass is 9.80. The third-order valence-electron chi connectivity index (χ3n) is 4.94. The van der Waals surface area contributed by atoms with Crippen molar-refractivity contribution in [1.82, 2.24) is 4.90 Å². The van der Waals surface area contributed by atoms with Crippen molar-refractivity contribution in [2.45, 2.75) is 37.6 Å². The zero-order chi connectivity index (χ0) is 17.1. The smallest absolute Gasteiger partial charge is 0.328 e. The summed E-state index contributed by atoms with van der Waals surface area (Å²) in [5.41, 5.74) is 2.42. The van der Waals surface area contributed by atoms with Gasteiger partial charge in [0.1, 0.15) is 5.75 Å². The third kappa shape index (κ3) is 3.38. The number of hydrogen-bond acceptors (Lipinski definition) is 4. The molecule has 0 saturated carbocycles. The number of rotatable bonds is 4. The quantitative estimate of drug-likeness (QED) is 0.909. The maximum atomic E-state index is 12.7. The Bertz CT molecular complexity index is 630. The van der Waals surface area contributed by atoms with E-state index in [1.54, 1.807) is 7.11 Å². The molecular weight excluding hydrogens is 310 g/mol. The molecule has 1 fully saturated rings. The Labute approximate surface area is 141 Å².